The monoisotopic (exact) mass is 267 g/mol. The first-order valence-electron chi connectivity index (χ1n) is 7.09. The predicted octanol–water partition coefficient (Wildman–Crippen LogP) is 3.26. The molecule has 1 saturated heterocycles. The van der Waals surface area contributed by atoms with E-state index in [-0.39, 0.29) is 5.54 Å². The Bertz CT molecular complexity index is 575. The molecule has 3 heteroatoms. The SMILES string of the molecule is CC1(C)NC(c2ccc(N)cc2)CC1c1ccncc1. The Hall–Kier alpha value is -1.87. The van der Waals surface area contributed by atoms with Gasteiger partial charge >= 0.3 is 0 Å². The van der Waals surface area contributed by atoms with Crippen molar-refractivity contribution in [2.75, 3.05) is 5.73 Å². The molecule has 0 amide bonds. The first-order valence-corrected chi connectivity index (χ1v) is 7.09. The van der Waals surface area contributed by atoms with Crippen LogP contribution >= 0.6 is 0 Å². The molecule has 1 aliphatic rings. The van der Waals surface area contributed by atoms with Gasteiger partial charge in [0.15, 0.2) is 0 Å². The lowest BCUT2D eigenvalue weighted by Gasteiger charge is -2.27. The van der Waals surface area contributed by atoms with Crippen molar-refractivity contribution in [1.29, 1.82) is 0 Å². The highest BCUT2D eigenvalue weighted by molar-refractivity contribution is 5.41. The van der Waals surface area contributed by atoms with E-state index in [2.05, 4.69) is 48.4 Å². The number of pyridine rings is 1. The Labute approximate surface area is 120 Å². The van der Waals surface area contributed by atoms with Gasteiger partial charge in [-0.15, -0.1) is 0 Å². The van der Waals surface area contributed by atoms with Crippen molar-refractivity contribution in [1.82, 2.24) is 10.3 Å². The molecule has 104 valence electrons. The molecule has 2 atom stereocenters. The standard InChI is InChI=1S/C17H21N3/c1-17(2)15(12-7-9-19-10-8-12)11-16(20-17)13-3-5-14(18)6-4-13/h3-10,15-16,20H,11,18H2,1-2H3. The second-order valence-electron chi connectivity index (χ2n) is 6.15. The van der Waals surface area contributed by atoms with Gasteiger partial charge in [0.2, 0.25) is 0 Å². The van der Waals surface area contributed by atoms with Crippen LogP contribution in [-0.4, -0.2) is 10.5 Å². The van der Waals surface area contributed by atoms with E-state index in [0.29, 0.717) is 12.0 Å². The second kappa shape index (κ2) is 4.91. The van der Waals surface area contributed by atoms with Gasteiger partial charge in [0, 0.05) is 35.6 Å². The van der Waals surface area contributed by atoms with E-state index in [0.717, 1.165) is 12.1 Å². The third-order valence-electron chi connectivity index (χ3n) is 4.34. The van der Waals surface area contributed by atoms with Crippen molar-refractivity contribution in [2.24, 2.45) is 0 Å². The van der Waals surface area contributed by atoms with E-state index in [1.165, 1.54) is 11.1 Å². The van der Waals surface area contributed by atoms with Crippen molar-refractivity contribution in [3.05, 3.63) is 59.9 Å². The minimum Gasteiger partial charge on any atom is -0.399 e. The zero-order valence-electron chi connectivity index (χ0n) is 12.0. The van der Waals surface area contributed by atoms with E-state index in [1.807, 2.05) is 24.5 Å². The molecule has 1 aliphatic heterocycles. The zero-order valence-corrected chi connectivity index (χ0v) is 12.0. The zero-order chi connectivity index (χ0) is 14.2. The summed E-state index contributed by atoms with van der Waals surface area (Å²) in [5.41, 5.74) is 9.33. The molecule has 2 unspecified atom stereocenters. The van der Waals surface area contributed by atoms with Crippen LogP contribution in [0.3, 0.4) is 0 Å². The number of aromatic nitrogens is 1. The molecular formula is C17H21N3. The van der Waals surface area contributed by atoms with Gasteiger partial charge in [0.25, 0.3) is 0 Å². The fourth-order valence-electron chi connectivity index (χ4n) is 3.24. The Morgan fingerprint density at radius 3 is 2.35 bits per heavy atom. The number of hydrogen-bond donors (Lipinski definition) is 2. The van der Waals surface area contributed by atoms with Crippen LogP contribution in [0.4, 0.5) is 5.69 Å². The molecule has 2 heterocycles. The largest absolute Gasteiger partial charge is 0.399 e. The minimum absolute atomic E-state index is 0.0768. The summed E-state index contributed by atoms with van der Waals surface area (Å²) in [6.45, 7) is 4.55. The molecular weight excluding hydrogens is 246 g/mol. The third-order valence-corrected chi connectivity index (χ3v) is 4.34. The number of hydrogen-bond acceptors (Lipinski definition) is 3. The molecule has 2 aromatic rings. The number of nitrogens with zero attached hydrogens (tertiary/aromatic N) is 1. The van der Waals surface area contributed by atoms with Crippen molar-refractivity contribution in [3.63, 3.8) is 0 Å². The van der Waals surface area contributed by atoms with Gasteiger partial charge in [-0.05, 0) is 55.7 Å². The third kappa shape index (κ3) is 2.41. The fraction of sp³-hybridized carbons (Fsp3) is 0.353. The Kier molecular flexibility index (Phi) is 3.22. The summed E-state index contributed by atoms with van der Waals surface area (Å²) >= 11 is 0. The molecule has 0 radical (unpaired) electrons. The first-order chi connectivity index (χ1) is 9.56. The molecule has 3 nitrogen and oxygen atoms in total. The van der Waals surface area contributed by atoms with E-state index in [9.17, 15) is 0 Å². The van der Waals surface area contributed by atoms with Gasteiger partial charge in [-0.25, -0.2) is 0 Å². The van der Waals surface area contributed by atoms with Crippen LogP contribution in [0.25, 0.3) is 0 Å². The van der Waals surface area contributed by atoms with E-state index < -0.39 is 0 Å². The maximum Gasteiger partial charge on any atom is 0.0331 e. The average Bonchev–Trinajstić information content (AvgIpc) is 2.76. The highest BCUT2D eigenvalue weighted by Crippen LogP contribution is 2.43. The fourth-order valence-corrected chi connectivity index (χ4v) is 3.24. The number of nitrogen functional groups attached to an aromatic ring is 1. The maximum atomic E-state index is 5.77. The molecule has 0 aliphatic carbocycles. The molecule has 0 bridgehead atoms. The second-order valence-corrected chi connectivity index (χ2v) is 6.15. The summed E-state index contributed by atoms with van der Waals surface area (Å²) in [7, 11) is 0. The number of rotatable bonds is 2. The Morgan fingerprint density at radius 2 is 1.70 bits per heavy atom. The smallest absolute Gasteiger partial charge is 0.0331 e. The van der Waals surface area contributed by atoms with Gasteiger partial charge in [0.1, 0.15) is 0 Å². The van der Waals surface area contributed by atoms with Crippen molar-refractivity contribution in [3.8, 4) is 0 Å². The molecule has 1 aromatic heterocycles. The lowest BCUT2D eigenvalue weighted by molar-refractivity contribution is 0.397. The number of benzene rings is 1. The summed E-state index contributed by atoms with van der Waals surface area (Å²) in [4.78, 5) is 4.12. The minimum atomic E-state index is 0.0768. The van der Waals surface area contributed by atoms with E-state index in [4.69, 9.17) is 5.73 Å². The average molecular weight is 267 g/mol. The van der Waals surface area contributed by atoms with E-state index in [1.54, 1.807) is 0 Å². The highest BCUT2D eigenvalue weighted by Gasteiger charge is 2.40. The predicted molar refractivity (Wildman–Crippen MR) is 82.4 cm³/mol. The molecule has 3 N–H and O–H groups in total. The lowest BCUT2D eigenvalue weighted by atomic mass is 9.83. The van der Waals surface area contributed by atoms with Gasteiger partial charge in [0.05, 0.1) is 0 Å². The van der Waals surface area contributed by atoms with Crippen molar-refractivity contribution < 1.29 is 0 Å². The van der Waals surface area contributed by atoms with Crippen LogP contribution in [-0.2, 0) is 0 Å². The highest BCUT2D eigenvalue weighted by atomic mass is 15.0. The molecule has 0 spiro atoms. The van der Waals surface area contributed by atoms with Crippen LogP contribution in [0.2, 0.25) is 0 Å². The summed E-state index contributed by atoms with van der Waals surface area (Å²) in [5, 5.41) is 3.75. The Morgan fingerprint density at radius 1 is 1.05 bits per heavy atom. The number of anilines is 1. The van der Waals surface area contributed by atoms with Crippen LogP contribution in [0.15, 0.2) is 48.8 Å². The van der Waals surface area contributed by atoms with Crippen molar-refractivity contribution in [2.45, 2.75) is 37.8 Å². The van der Waals surface area contributed by atoms with Crippen molar-refractivity contribution >= 4 is 5.69 Å². The van der Waals surface area contributed by atoms with Crippen LogP contribution in [0, 0.1) is 0 Å². The van der Waals surface area contributed by atoms with E-state index >= 15 is 0 Å². The lowest BCUT2D eigenvalue weighted by Crippen LogP contribution is -2.37. The summed E-state index contributed by atoms with van der Waals surface area (Å²) in [6.07, 6.45) is 4.85. The maximum absolute atomic E-state index is 5.77. The molecule has 3 rings (SSSR count). The first kappa shape index (κ1) is 13.1. The molecule has 1 fully saturated rings. The summed E-state index contributed by atoms with van der Waals surface area (Å²) in [5.74, 6) is 0.494. The number of nitrogens with two attached hydrogens (primary N) is 1. The molecule has 1 aromatic carbocycles. The summed E-state index contributed by atoms with van der Waals surface area (Å²) in [6, 6.07) is 12.8. The van der Waals surface area contributed by atoms with Gasteiger partial charge < -0.3 is 11.1 Å². The van der Waals surface area contributed by atoms with Crippen LogP contribution in [0.5, 0.6) is 0 Å². The summed E-state index contributed by atoms with van der Waals surface area (Å²) < 4.78 is 0. The van der Waals surface area contributed by atoms with Crippen LogP contribution in [0.1, 0.15) is 43.4 Å². The van der Waals surface area contributed by atoms with Gasteiger partial charge in [-0.1, -0.05) is 12.1 Å². The van der Waals surface area contributed by atoms with Crippen LogP contribution < -0.4 is 11.1 Å². The quantitative estimate of drug-likeness (QED) is 0.821. The number of nitrogens with one attached hydrogen (secondary N) is 1. The Balaban J connectivity index is 1.87. The molecule has 20 heavy (non-hydrogen) atoms. The normalized spacial score (nSPS) is 24.7. The van der Waals surface area contributed by atoms with Gasteiger partial charge in [-0.2, -0.15) is 0 Å². The molecule has 0 saturated carbocycles. The topological polar surface area (TPSA) is 50.9 Å². The van der Waals surface area contributed by atoms with Gasteiger partial charge in [-0.3, -0.25) is 4.98 Å².